The van der Waals surface area contributed by atoms with Crippen molar-refractivity contribution in [2.75, 3.05) is 12.8 Å². The van der Waals surface area contributed by atoms with E-state index in [-0.39, 0.29) is 0 Å². The average Bonchev–Trinajstić information content (AvgIpc) is 2.78. The van der Waals surface area contributed by atoms with Crippen LogP contribution in [0.4, 0.5) is 18.9 Å². The van der Waals surface area contributed by atoms with Crippen molar-refractivity contribution in [2.45, 2.75) is 6.18 Å². The predicted molar refractivity (Wildman–Crippen MR) is 59.5 cm³/mol. The Morgan fingerprint density at radius 3 is 2.61 bits per heavy atom. The number of nitrogens with zero attached hydrogens (tertiary/aromatic N) is 2. The van der Waals surface area contributed by atoms with E-state index in [0.29, 0.717) is 17.1 Å². The quantitative estimate of drug-likeness (QED) is 0.841. The number of ether oxygens (including phenoxy) is 1. The molecule has 96 valence electrons. The van der Waals surface area contributed by atoms with Gasteiger partial charge in [0.15, 0.2) is 0 Å². The molecule has 0 aliphatic carbocycles. The molecule has 0 bridgehead atoms. The number of hydrogen-bond donors (Lipinski definition) is 1. The second-order valence-electron chi connectivity index (χ2n) is 3.60. The first-order valence-corrected chi connectivity index (χ1v) is 4.97. The summed E-state index contributed by atoms with van der Waals surface area (Å²) in [5, 5.41) is 3.66. The van der Waals surface area contributed by atoms with E-state index in [1.165, 1.54) is 13.2 Å². The topological polar surface area (TPSA) is 53.1 Å². The zero-order valence-electron chi connectivity index (χ0n) is 9.40. The molecule has 4 nitrogen and oxygen atoms in total. The van der Waals surface area contributed by atoms with Crippen molar-refractivity contribution in [2.24, 2.45) is 0 Å². The Hall–Kier alpha value is -2.18. The maximum atomic E-state index is 12.4. The molecule has 0 radical (unpaired) electrons. The van der Waals surface area contributed by atoms with Gasteiger partial charge in [0.2, 0.25) is 0 Å². The maximum absolute atomic E-state index is 12.4. The number of nitrogens with two attached hydrogens (primary N) is 1. The van der Waals surface area contributed by atoms with Gasteiger partial charge in [-0.25, -0.2) is 4.68 Å². The molecule has 1 heterocycles. The Bertz CT molecular complexity index is 563. The minimum Gasteiger partial charge on any atom is -0.495 e. The Morgan fingerprint density at radius 2 is 2.06 bits per heavy atom. The number of alkyl halides is 3. The van der Waals surface area contributed by atoms with E-state index in [1.807, 2.05) is 0 Å². The van der Waals surface area contributed by atoms with E-state index >= 15 is 0 Å². The van der Waals surface area contributed by atoms with Gasteiger partial charge in [0, 0.05) is 12.3 Å². The van der Waals surface area contributed by atoms with Gasteiger partial charge >= 0.3 is 6.18 Å². The second-order valence-corrected chi connectivity index (χ2v) is 3.60. The van der Waals surface area contributed by atoms with Crippen molar-refractivity contribution in [3.05, 3.63) is 36.2 Å². The lowest BCUT2D eigenvalue weighted by Crippen LogP contribution is -2.03. The molecule has 0 atom stereocenters. The number of methoxy groups -OCH3 is 1. The summed E-state index contributed by atoms with van der Waals surface area (Å²) in [6, 6.07) is 4.62. The number of benzene rings is 1. The van der Waals surface area contributed by atoms with Crippen LogP contribution < -0.4 is 10.5 Å². The molecule has 0 saturated carbocycles. The summed E-state index contributed by atoms with van der Waals surface area (Å²) >= 11 is 0. The van der Waals surface area contributed by atoms with E-state index in [9.17, 15) is 13.2 Å². The van der Waals surface area contributed by atoms with Crippen LogP contribution in [-0.2, 0) is 6.18 Å². The molecule has 2 rings (SSSR count). The van der Waals surface area contributed by atoms with Gasteiger partial charge in [-0.2, -0.15) is 18.3 Å². The molecular formula is C11H10F3N3O. The Kier molecular flexibility index (Phi) is 2.90. The highest BCUT2D eigenvalue weighted by molar-refractivity contribution is 5.57. The number of anilines is 1. The summed E-state index contributed by atoms with van der Waals surface area (Å²) in [6.45, 7) is 0. The van der Waals surface area contributed by atoms with Crippen LogP contribution in [0.15, 0.2) is 30.6 Å². The monoisotopic (exact) mass is 257 g/mol. The van der Waals surface area contributed by atoms with E-state index < -0.39 is 11.7 Å². The van der Waals surface area contributed by atoms with Crippen molar-refractivity contribution < 1.29 is 17.9 Å². The summed E-state index contributed by atoms with van der Waals surface area (Å²) < 4.78 is 43.4. The number of hydrogen-bond acceptors (Lipinski definition) is 3. The molecule has 7 heteroatoms. The minimum absolute atomic E-state index is 0.386. The van der Waals surface area contributed by atoms with Crippen LogP contribution >= 0.6 is 0 Å². The smallest absolute Gasteiger partial charge is 0.419 e. The molecular weight excluding hydrogens is 247 g/mol. The summed E-state index contributed by atoms with van der Waals surface area (Å²) in [4.78, 5) is 0. The molecule has 1 aromatic carbocycles. The summed E-state index contributed by atoms with van der Waals surface area (Å²) in [5.41, 5.74) is 5.66. The zero-order valence-corrected chi connectivity index (χ0v) is 9.40. The lowest BCUT2D eigenvalue weighted by molar-refractivity contribution is -0.137. The van der Waals surface area contributed by atoms with Crippen LogP contribution in [0.25, 0.3) is 5.69 Å². The molecule has 0 unspecified atom stereocenters. The third-order valence-electron chi connectivity index (χ3n) is 2.39. The Morgan fingerprint density at radius 1 is 1.33 bits per heavy atom. The second kappa shape index (κ2) is 4.25. The van der Waals surface area contributed by atoms with Crippen LogP contribution in [0.2, 0.25) is 0 Å². The van der Waals surface area contributed by atoms with Gasteiger partial charge in [-0.3, -0.25) is 0 Å². The van der Waals surface area contributed by atoms with Gasteiger partial charge < -0.3 is 10.5 Å². The molecule has 0 aliphatic heterocycles. The largest absolute Gasteiger partial charge is 0.495 e. The van der Waals surface area contributed by atoms with Gasteiger partial charge in [-0.05, 0) is 12.1 Å². The average molecular weight is 257 g/mol. The first-order valence-electron chi connectivity index (χ1n) is 4.97. The number of nitrogen functional groups attached to an aromatic ring is 1. The van der Waals surface area contributed by atoms with Gasteiger partial charge in [-0.1, -0.05) is 0 Å². The molecule has 0 fully saturated rings. The molecule has 0 spiro atoms. The Balaban J connectivity index is 2.40. The molecule has 2 aromatic rings. The van der Waals surface area contributed by atoms with Gasteiger partial charge in [0.25, 0.3) is 0 Å². The fourth-order valence-corrected chi connectivity index (χ4v) is 1.45. The first kappa shape index (κ1) is 12.3. The normalized spacial score (nSPS) is 11.6. The van der Waals surface area contributed by atoms with E-state index in [1.54, 1.807) is 12.1 Å². The van der Waals surface area contributed by atoms with Crippen molar-refractivity contribution in [3.8, 4) is 11.4 Å². The molecule has 2 N–H and O–H groups in total. The van der Waals surface area contributed by atoms with Gasteiger partial charge in [0.05, 0.1) is 30.2 Å². The highest BCUT2D eigenvalue weighted by Gasteiger charge is 2.32. The lowest BCUT2D eigenvalue weighted by atomic mass is 10.2. The maximum Gasteiger partial charge on any atom is 0.419 e. The van der Waals surface area contributed by atoms with Crippen LogP contribution in [-0.4, -0.2) is 16.9 Å². The summed E-state index contributed by atoms with van der Waals surface area (Å²) in [5.74, 6) is 0.386. The fourth-order valence-electron chi connectivity index (χ4n) is 1.45. The first-order chi connectivity index (χ1) is 8.41. The summed E-state index contributed by atoms with van der Waals surface area (Å²) in [6.07, 6.45) is -2.73. The lowest BCUT2D eigenvalue weighted by Gasteiger charge is -2.07. The van der Waals surface area contributed by atoms with Crippen LogP contribution in [0.1, 0.15) is 5.56 Å². The van der Waals surface area contributed by atoms with Crippen molar-refractivity contribution in [1.29, 1.82) is 0 Å². The van der Waals surface area contributed by atoms with Crippen molar-refractivity contribution in [3.63, 3.8) is 0 Å². The Labute approximate surface area is 101 Å². The number of rotatable bonds is 2. The molecule has 0 amide bonds. The third kappa shape index (κ3) is 2.24. The van der Waals surface area contributed by atoms with Crippen LogP contribution in [0.3, 0.4) is 0 Å². The van der Waals surface area contributed by atoms with E-state index in [2.05, 4.69) is 5.10 Å². The molecule has 18 heavy (non-hydrogen) atoms. The highest BCUT2D eigenvalue weighted by atomic mass is 19.4. The van der Waals surface area contributed by atoms with Gasteiger partial charge in [0.1, 0.15) is 5.75 Å². The summed E-state index contributed by atoms with van der Waals surface area (Å²) in [7, 11) is 1.43. The van der Waals surface area contributed by atoms with Crippen molar-refractivity contribution in [1.82, 2.24) is 9.78 Å². The standard InChI is InChI=1S/C11H10F3N3O/c1-18-10-4-8(2-3-9(10)15)17-6-7(5-16-17)11(12,13)14/h2-6H,15H2,1H3. The fraction of sp³-hybridized carbons (Fsp3) is 0.182. The van der Waals surface area contributed by atoms with Crippen LogP contribution in [0.5, 0.6) is 5.75 Å². The third-order valence-corrected chi connectivity index (χ3v) is 2.39. The van der Waals surface area contributed by atoms with Crippen molar-refractivity contribution >= 4 is 5.69 Å². The van der Waals surface area contributed by atoms with Gasteiger partial charge in [-0.15, -0.1) is 0 Å². The zero-order chi connectivity index (χ0) is 13.3. The minimum atomic E-state index is -4.41. The number of halogens is 3. The van der Waals surface area contributed by atoms with E-state index in [4.69, 9.17) is 10.5 Å². The molecule has 1 aromatic heterocycles. The molecule has 0 saturated heterocycles. The predicted octanol–water partition coefficient (Wildman–Crippen LogP) is 2.48. The highest BCUT2D eigenvalue weighted by Crippen LogP contribution is 2.30. The van der Waals surface area contributed by atoms with Crippen LogP contribution in [0, 0.1) is 0 Å². The number of aromatic nitrogens is 2. The van der Waals surface area contributed by atoms with E-state index in [0.717, 1.165) is 17.1 Å². The molecule has 0 aliphatic rings. The SMILES string of the molecule is COc1cc(-n2cc(C(F)(F)F)cn2)ccc1N.